The molecular formula is C15H13NO6. The number of rotatable bonds is 6. The third kappa shape index (κ3) is 3.95. The van der Waals surface area contributed by atoms with Crippen LogP contribution in [0.3, 0.4) is 0 Å². The number of nitrogens with zero attached hydrogens (tertiary/aromatic N) is 1. The summed E-state index contributed by atoms with van der Waals surface area (Å²) in [6, 6.07) is 12.2. The number of carbonyl (C=O) groups excluding carboxylic acids is 1. The smallest absolute Gasteiger partial charge is 0.349 e. The van der Waals surface area contributed by atoms with Gasteiger partial charge in [0.15, 0.2) is 12.4 Å². The van der Waals surface area contributed by atoms with Crippen LogP contribution < -0.4 is 14.2 Å². The van der Waals surface area contributed by atoms with Crippen molar-refractivity contribution in [3.8, 4) is 17.2 Å². The van der Waals surface area contributed by atoms with Crippen molar-refractivity contribution in [1.29, 1.82) is 0 Å². The molecular weight excluding hydrogens is 290 g/mol. The highest BCUT2D eigenvalue weighted by molar-refractivity contribution is 5.74. The second-order valence-corrected chi connectivity index (χ2v) is 4.16. The predicted molar refractivity (Wildman–Crippen MR) is 77.2 cm³/mol. The van der Waals surface area contributed by atoms with Crippen molar-refractivity contribution >= 4 is 11.7 Å². The Labute approximate surface area is 126 Å². The van der Waals surface area contributed by atoms with Crippen LogP contribution in [0.25, 0.3) is 0 Å². The molecule has 7 nitrogen and oxygen atoms in total. The van der Waals surface area contributed by atoms with E-state index < -0.39 is 17.5 Å². The molecule has 114 valence electrons. The Morgan fingerprint density at radius 3 is 2.36 bits per heavy atom. The second kappa shape index (κ2) is 7.07. The molecule has 2 aromatic carbocycles. The topological polar surface area (TPSA) is 87.9 Å². The Kier molecular flexibility index (Phi) is 4.92. The Morgan fingerprint density at radius 2 is 1.73 bits per heavy atom. The summed E-state index contributed by atoms with van der Waals surface area (Å²) in [5.41, 5.74) is -0.209. The van der Waals surface area contributed by atoms with Gasteiger partial charge in [-0.2, -0.15) is 0 Å². The number of esters is 1. The van der Waals surface area contributed by atoms with E-state index in [-0.39, 0.29) is 11.4 Å². The van der Waals surface area contributed by atoms with E-state index in [1.807, 2.05) is 0 Å². The minimum Gasteiger partial charge on any atom is -0.497 e. The Bertz CT molecular complexity index is 668. The molecule has 0 aliphatic heterocycles. The van der Waals surface area contributed by atoms with Gasteiger partial charge in [0.2, 0.25) is 0 Å². The third-order valence-electron chi connectivity index (χ3n) is 2.70. The van der Waals surface area contributed by atoms with Gasteiger partial charge >= 0.3 is 11.7 Å². The van der Waals surface area contributed by atoms with Gasteiger partial charge in [0.1, 0.15) is 11.5 Å². The van der Waals surface area contributed by atoms with Crippen LogP contribution in [0.5, 0.6) is 17.2 Å². The summed E-state index contributed by atoms with van der Waals surface area (Å²) >= 11 is 0. The fourth-order valence-electron chi connectivity index (χ4n) is 1.67. The average Bonchev–Trinajstić information content (AvgIpc) is 2.54. The number of benzene rings is 2. The maximum Gasteiger partial charge on any atom is 0.349 e. The quantitative estimate of drug-likeness (QED) is 0.353. The highest BCUT2D eigenvalue weighted by atomic mass is 16.6. The molecule has 22 heavy (non-hydrogen) atoms. The summed E-state index contributed by atoms with van der Waals surface area (Å²) in [4.78, 5) is 21.9. The highest BCUT2D eigenvalue weighted by Crippen LogP contribution is 2.25. The fourth-order valence-corrected chi connectivity index (χ4v) is 1.67. The van der Waals surface area contributed by atoms with E-state index in [9.17, 15) is 14.9 Å². The number of methoxy groups -OCH3 is 1. The second-order valence-electron chi connectivity index (χ2n) is 4.16. The van der Waals surface area contributed by atoms with Crippen LogP contribution in [0, 0.1) is 10.1 Å². The summed E-state index contributed by atoms with van der Waals surface area (Å²) in [6.07, 6.45) is 0. The molecule has 7 heteroatoms. The fraction of sp³-hybridized carbons (Fsp3) is 0.133. The first-order valence-electron chi connectivity index (χ1n) is 6.31. The molecule has 0 atom stereocenters. The van der Waals surface area contributed by atoms with Crippen LogP contribution in [0.4, 0.5) is 5.69 Å². The first-order valence-corrected chi connectivity index (χ1v) is 6.31. The monoisotopic (exact) mass is 303 g/mol. The summed E-state index contributed by atoms with van der Waals surface area (Å²) in [5.74, 6) is 0.315. The van der Waals surface area contributed by atoms with Crippen LogP contribution in [0.15, 0.2) is 48.5 Å². The molecule has 2 aromatic rings. The van der Waals surface area contributed by atoms with Gasteiger partial charge in [-0.1, -0.05) is 12.1 Å². The van der Waals surface area contributed by atoms with Crippen LogP contribution >= 0.6 is 0 Å². The van der Waals surface area contributed by atoms with E-state index in [0.29, 0.717) is 11.5 Å². The van der Waals surface area contributed by atoms with E-state index >= 15 is 0 Å². The number of hydrogen-bond acceptors (Lipinski definition) is 6. The number of nitro groups is 1. The number of carbonyl (C=O) groups is 1. The van der Waals surface area contributed by atoms with Crippen molar-refractivity contribution in [1.82, 2.24) is 0 Å². The number of ether oxygens (including phenoxy) is 3. The van der Waals surface area contributed by atoms with E-state index in [2.05, 4.69) is 0 Å². The molecule has 0 saturated heterocycles. The average molecular weight is 303 g/mol. The summed E-state index contributed by atoms with van der Waals surface area (Å²) in [6.45, 7) is -0.434. The van der Waals surface area contributed by atoms with Crippen LogP contribution in [-0.4, -0.2) is 24.6 Å². The third-order valence-corrected chi connectivity index (χ3v) is 2.70. The lowest BCUT2D eigenvalue weighted by molar-refractivity contribution is -0.385. The highest BCUT2D eigenvalue weighted by Gasteiger charge is 2.15. The molecule has 0 N–H and O–H groups in total. The molecule has 0 aromatic heterocycles. The van der Waals surface area contributed by atoms with Crippen molar-refractivity contribution in [2.75, 3.05) is 13.7 Å². The van der Waals surface area contributed by atoms with Crippen LogP contribution in [-0.2, 0) is 4.79 Å². The van der Waals surface area contributed by atoms with Gasteiger partial charge in [0.25, 0.3) is 0 Å². The Hall–Kier alpha value is -3.09. The van der Waals surface area contributed by atoms with Crippen molar-refractivity contribution in [3.05, 3.63) is 58.6 Å². The summed E-state index contributed by atoms with van der Waals surface area (Å²) in [5, 5.41) is 10.8. The Morgan fingerprint density at radius 1 is 1.09 bits per heavy atom. The zero-order valence-corrected chi connectivity index (χ0v) is 11.7. The maximum absolute atomic E-state index is 11.7. The van der Waals surface area contributed by atoms with Gasteiger partial charge in [-0.3, -0.25) is 10.1 Å². The van der Waals surface area contributed by atoms with Gasteiger partial charge in [-0.25, -0.2) is 4.79 Å². The van der Waals surface area contributed by atoms with Crippen molar-refractivity contribution in [3.63, 3.8) is 0 Å². The molecule has 2 rings (SSSR count). The summed E-state index contributed by atoms with van der Waals surface area (Å²) < 4.78 is 15.2. The minimum absolute atomic E-state index is 0.0131. The lowest BCUT2D eigenvalue weighted by atomic mass is 10.3. The lowest BCUT2D eigenvalue weighted by Crippen LogP contribution is -2.18. The van der Waals surface area contributed by atoms with E-state index in [1.54, 1.807) is 30.3 Å². The van der Waals surface area contributed by atoms with Gasteiger partial charge < -0.3 is 14.2 Å². The summed E-state index contributed by atoms with van der Waals surface area (Å²) in [7, 11) is 1.53. The largest absolute Gasteiger partial charge is 0.497 e. The molecule has 0 amide bonds. The minimum atomic E-state index is -0.664. The first-order chi connectivity index (χ1) is 10.6. The van der Waals surface area contributed by atoms with E-state index in [1.165, 1.54) is 25.3 Å². The molecule has 0 spiro atoms. The normalized spacial score (nSPS) is 9.86. The van der Waals surface area contributed by atoms with E-state index in [4.69, 9.17) is 14.2 Å². The molecule has 0 heterocycles. The van der Waals surface area contributed by atoms with Gasteiger partial charge in [0, 0.05) is 6.07 Å². The SMILES string of the molecule is COc1ccc(OC(=O)COc2ccccc2[N+](=O)[O-])cc1. The molecule has 0 aliphatic carbocycles. The van der Waals surface area contributed by atoms with Crippen molar-refractivity contribution in [2.45, 2.75) is 0 Å². The molecule has 0 saturated carbocycles. The van der Waals surface area contributed by atoms with Gasteiger partial charge in [-0.05, 0) is 30.3 Å². The molecule has 0 unspecified atom stereocenters. The zero-order chi connectivity index (χ0) is 15.9. The maximum atomic E-state index is 11.7. The Balaban J connectivity index is 1.94. The molecule has 0 fully saturated rings. The molecule has 0 bridgehead atoms. The predicted octanol–water partition coefficient (Wildman–Crippen LogP) is 2.59. The zero-order valence-electron chi connectivity index (χ0n) is 11.7. The number of para-hydroxylation sites is 2. The van der Waals surface area contributed by atoms with Crippen molar-refractivity contribution in [2.24, 2.45) is 0 Å². The van der Waals surface area contributed by atoms with Crippen molar-refractivity contribution < 1.29 is 23.9 Å². The molecule has 0 radical (unpaired) electrons. The van der Waals surface area contributed by atoms with Gasteiger partial charge in [0.05, 0.1) is 12.0 Å². The number of hydrogen-bond donors (Lipinski definition) is 0. The lowest BCUT2D eigenvalue weighted by Gasteiger charge is -2.07. The van der Waals surface area contributed by atoms with E-state index in [0.717, 1.165) is 0 Å². The number of nitro benzene ring substituents is 1. The standard InChI is InChI=1S/C15H13NO6/c1-20-11-6-8-12(9-7-11)22-15(17)10-21-14-5-3-2-4-13(14)16(18)19/h2-9H,10H2,1H3. The van der Waals surface area contributed by atoms with Crippen LogP contribution in [0.1, 0.15) is 0 Å². The van der Waals surface area contributed by atoms with Gasteiger partial charge in [-0.15, -0.1) is 0 Å². The van der Waals surface area contributed by atoms with Crippen LogP contribution in [0.2, 0.25) is 0 Å². The first kappa shape index (κ1) is 15.3. The molecule has 0 aliphatic rings.